The van der Waals surface area contributed by atoms with Crippen molar-refractivity contribution in [2.75, 3.05) is 13.2 Å². The average molecular weight is 384 g/mol. The molecule has 4 nitrogen and oxygen atoms in total. The molecule has 3 rings (SSSR count). The SMILES string of the molecule is CC(O)(C#CCCOC1CCCCO1)c1ccc(Oc2ccc(F)cc2)cc1. The quantitative estimate of drug-likeness (QED) is 0.576. The number of hydrogen-bond donors (Lipinski definition) is 1. The van der Waals surface area contributed by atoms with Gasteiger partial charge in [-0.2, -0.15) is 0 Å². The minimum atomic E-state index is -1.27. The van der Waals surface area contributed by atoms with E-state index in [0.29, 0.717) is 30.1 Å². The van der Waals surface area contributed by atoms with Crippen LogP contribution < -0.4 is 4.74 Å². The van der Waals surface area contributed by atoms with Crippen LogP contribution in [0.5, 0.6) is 11.5 Å². The minimum Gasteiger partial charge on any atom is -0.457 e. The predicted octanol–water partition coefficient (Wildman–Crippen LogP) is 4.76. The zero-order valence-electron chi connectivity index (χ0n) is 16.0. The smallest absolute Gasteiger partial charge is 0.157 e. The van der Waals surface area contributed by atoms with Crippen LogP contribution in [-0.2, 0) is 15.1 Å². The highest BCUT2D eigenvalue weighted by Crippen LogP contribution is 2.26. The summed E-state index contributed by atoms with van der Waals surface area (Å²) in [5, 5.41) is 10.6. The summed E-state index contributed by atoms with van der Waals surface area (Å²) in [5.74, 6) is 6.70. The molecule has 1 fully saturated rings. The molecule has 5 heteroatoms. The van der Waals surface area contributed by atoms with Gasteiger partial charge >= 0.3 is 0 Å². The Labute approximate surface area is 165 Å². The second kappa shape index (κ2) is 9.70. The molecule has 0 saturated carbocycles. The molecule has 0 amide bonds. The Morgan fingerprint density at radius 3 is 2.43 bits per heavy atom. The molecule has 1 aliphatic rings. The molecule has 1 saturated heterocycles. The molecule has 148 valence electrons. The Hall–Kier alpha value is -2.39. The van der Waals surface area contributed by atoms with Crippen molar-refractivity contribution in [1.82, 2.24) is 0 Å². The largest absolute Gasteiger partial charge is 0.457 e. The summed E-state index contributed by atoms with van der Waals surface area (Å²) in [4.78, 5) is 0. The van der Waals surface area contributed by atoms with Crippen LogP contribution in [0.25, 0.3) is 0 Å². The number of rotatable bonds is 6. The summed E-state index contributed by atoms with van der Waals surface area (Å²) >= 11 is 0. The number of aliphatic hydroxyl groups is 1. The molecule has 28 heavy (non-hydrogen) atoms. The average Bonchev–Trinajstić information content (AvgIpc) is 2.71. The van der Waals surface area contributed by atoms with Crippen LogP contribution in [0, 0.1) is 17.7 Å². The zero-order chi connectivity index (χ0) is 19.8. The summed E-state index contributed by atoms with van der Waals surface area (Å²) in [5.41, 5.74) is -0.599. The van der Waals surface area contributed by atoms with E-state index in [0.717, 1.165) is 25.9 Å². The second-order valence-electron chi connectivity index (χ2n) is 6.87. The highest BCUT2D eigenvalue weighted by atomic mass is 19.1. The Morgan fingerprint density at radius 1 is 1.11 bits per heavy atom. The highest BCUT2D eigenvalue weighted by molar-refractivity contribution is 5.37. The van der Waals surface area contributed by atoms with Gasteiger partial charge in [0, 0.05) is 13.0 Å². The summed E-state index contributed by atoms with van der Waals surface area (Å²) in [6.45, 7) is 2.89. The number of ether oxygens (including phenoxy) is 3. The van der Waals surface area contributed by atoms with Crippen molar-refractivity contribution in [2.45, 2.75) is 44.5 Å². The molecule has 2 aromatic rings. The normalized spacial score (nSPS) is 18.6. The number of hydrogen-bond acceptors (Lipinski definition) is 4. The first kappa shape index (κ1) is 20.3. The van der Waals surface area contributed by atoms with Gasteiger partial charge in [-0.1, -0.05) is 24.0 Å². The molecule has 1 N–H and O–H groups in total. The van der Waals surface area contributed by atoms with Gasteiger partial charge in [-0.15, -0.1) is 0 Å². The standard InChI is InChI=1S/C23H25FO4/c1-23(25,15-3-5-17-27-22-6-2-4-16-26-22)18-7-11-20(12-8-18)28-21-13-9-19(24)10-14-21/h7-14,22,25H,2,4-6,16-17H2,1H3. The first-order valence-corrected chi connectivity index (χ1v) is 9.52. The van der Waals surface area contributed by atoms with Crippen LogP contribution >= 0.6 is 0 Å². The van der Waals surface area contributed by atoms with Crippen molar-refractivity contribution in [3.63, 3.8) is 0 Å². The third-order valence-electron chi connectivity index (χ3n) is 4.47. The van der Waals surface area contributed by atoms with Crippen molar-refractivity contribution in [1.29, 1.82) is 0 Å². The predicted molar refractivity (Wildman–Crippen MR) is 104 cm³/mol. The lowest BCUT2D eigenvalue weighted by molar-refractivity contribution is -0.161. The first-order chi connectivity index (χ1) is 13.5. The van der Waals surface area contributed by atoms with E-state index in [4.69, 9.17) is 14.2 Å². The van der Waals surface area contributed by atoms with Crippen LogP contribution in [0.1, 0.15) is 38.2 Å². The zero-order valence-corrected chi connectivity index (χ0v) is 16.0. The minimum absolute atomic E-state index is 0.121. The highest BCUT2D eigenvalue weighted by Gasteiger charge is 2.20. The maximum absolute atomic E-state index is 12.9. The van der Waals surface area contributed by atoms with E-state index in [1.165, 1.54) is 12.1 Å². The van der Waals surface area contributed by atoms with E-state index in [2.05, 4.69) is 11.8 Å². The fraction of sp³-hybridized carbons (Fsp3) is 0.391. The third kappa shape index (κ3) is 6.07. The first-order valence-electron chi connectivity index (χ1n) is 9.52. The second-order valence-corrected chi connectivity index (χ2v) is 6.87. The van der Waals surface area contributed by atoms with Gasteiger partial charge < -0.3 is 19.3 Å². The molecule has 0 aromatic heterocycles. The van der Waals surface area contributed by atoms with Crippen LogP contribution in [0.15, 0.2) is 48.5 Å². The van der Waals surface area contributed by atoms with Crippen molar-refractivity contribution >= 4 is 0 Å². The fourth-order valence-electron chi connectivity index (χ4n) is 2.88. The Morgan fingerprint density at radius 2 is 1.79 bits per heavy atom. The molecule has 0 bridgehead atoms. The van der Waals surface area contributed by atoms with Crippen molar-refractivity contribution in [3.05, 3.63) is 59.9 Å². The molecular formula is C23H25FO4. The summed E-state index contributed by atoms with van der Waals surface area (Å²) in [7, 11) is 0. The molecule has 1 aliphatic heterocycles. The molecular weight excluding hydrogens is 359 g/mol. The van der Waals surface area contributed by atoms with Gasteiger partial charge in [0.15, 0.2) is 6.29 Å². The number of halogens is 1. The van der Waals surface area contributed by atoms with Gasteiger partial charge in [0.2, 0.25) is 0 Å². The van der Waals surface area contributed by atoms with E-state index in [9.17, 15) is 9.50 Å². The molecule has 2 unspecified atom stereocenters. The van der Waals surface area contributed by atoms with E-state index in [1.54, 1.807) is 43.3 Å². The molecule has 0 radical (unpaired) electrons. The lowest BCUT2D eigenvalue weighted by Gasteiger charge is -2.22. The van der Waals surface area contributed by atoms with Gasteiger partial charge in [-0.25, -0.2) is 4.39 Å². The van der Waals surface area contributed by atoms with Crippen LogP contribution in [0.2, 0.25) is 0 Å². The van der Waals surface area contributed by atoms with E-state index in [1.807, 2.05) is 0 Å². The summed E-state index contributed by atoms with van der Waals surface area (Å²) in [6, 6.07) is 12.8. The molecule has 0 aliphatic carbocycles. The van der Waals surface area contributed by atoms with Crippen molar-refractivity contribution in [3.8, 4) is 23.3 Å². The molecule has 2 atom stereocenters. The molecule has 0 spiro atoms. The topological polar surface area (TPSA) is 47.9 Å². The Bertz CT molecular complexity index is 797. The van der Waals surface area contributed by atoms with E-state index < -0.39 is 5.60 Å². The molecule has 1 heterocycles. The Kier molecular flexibility index (Phi) is 7.05. The fourth-order valence-corrected chi connectivity index (χ4v) is 2.88. The van der Waals surface area contributed by atoms with Gasteiger partial charge in [-0.3, -0.25) is 0 Å². The maximum Gasteiger partial charge on any atom is 0.157 e. The van der Waals surface area contributed by atoms with Gasteiger partial charge in [0.25, 0.3) is 0 Å². The summed E-state index contributed by atoms with van der Waals surface area (Å²) in [6.07, 6.45) is 3.56. The van der Waals surface area contributed by atoms with E-state index >= 15 is 0 Å². The van der Waals surface area contributed by atoms with Gasteiger partial charge in [-0.05, 0) is 68.1 Å². The monoisotopic (exact) mass is 384 g/mol. The third-order valence-corrected chi connectivity index (χ3v) is 4.47. The maximum atomic E-state index is 12.9. The van der Waals surface area contributed by atoms with Crippen LogP contribution in [-0.4, -0.2) is 24.6 Å². The lowest BCUT2D eigenvalue weighted by atomic mass is 9.96. The van der Waals surface area contributed by atoms with Crippen LogP contribution in [0.3, 0.4) is 0 Å². The summed E-state index contributed by atoms with van der Waals surface area (Å²) < 4.78 is 29.7. The van der Waals surface area contributed by atoms with E-state index in [-0.39, 0.29) is 12.1 Å². The Balaban J connectivity index is 1.51. The van der Waals surface area contributed by atoms with Gasteiger partial charge in [0.1, 0.15) is 22.9 Å². The van der Waals surface area contributed by atoms with Gasteiger partial charge in [0.05, 0.1) is 6.61 Å². The van der Waals surface area contributed by atoms with Crippen molar-refractivity contribution in [2.24, 2.45) is 0 Å². The van der Waals surface area contributed by atoms with Crippen LogP contribution in [0.4, 0.5) is 4.39 Å². The lowest BCUT2D eigenvalue weighted by Crippen LogP contribution is -2.22. The number of benzene rings is 2. The van der Waals surface area contributed by atoms with Crippen molar-refractivity contribution < 1.29 is 23.7 Å². The molecule has 2 aromatic carbocycles.